The lowest BCUT2D eigenvalue weighted by Crippen LogP contribution is -2.42. The van der Waals surface area contributed by atoms with Crippen LogP contribution in [0.5, 0.6) is 11.5 Å². The van der Waals surface area contributed by atoms with Crippen LogP contribution in [-0.2, 0) is 11.3 Å². The fourth-order valence-corrected chi connectivity index (χ4v) is 2.07. The van der Waals surface area contributed by atoms with E-state index in [1.54, 1.807) is 0 Å². The molecule has 5 nitrogen and oxygen atoms in total. The van der Waals surface area contributed by atoms with Crippen LogP contribution in [-0.4, -0.2) is 24.8 Å². The van der Waals surface area contributed by atoms with E-state index in [-0.39, 0.29) is 18.7 Å². The number of amides is 1. The van der Waals surface area contributed by atoms with Gasteiger partial charge in [-0.1, -0.05) is 6.07 Å². The molecule has 102 valence electrons. The van der Waals surface area contributed by atoms with Crippen molar-refractivity contribution in [2.75, 3.05) is 6.79 Å². The fourth-order valence-electron chi connectivity index (χ4n) is 2.07. The van der Waals surface area contributed by atoms with Gasteiger partial charge in [0.2, 0.25) is 12.7 Å². The van der Waals surface area contributed by atoms with E-state index < -0.39 is 0 Å². The minimum Gasteiger partial charge on any atom is -0.454 e. The van der Waals surface area contributed by atoms with Gasteiger partial charge in [-0.2, -0.15) is 0 Å². The Labute approximate surface area is 112 Å². The minimum absolute atomic E-state index is 0.0320. The van der Waals surface area contributed by atoms with Gasteiger partial charge in [0.05, 0.1) is 6.04 Å². The molecule has 0 spiro atoms. The highest BCUT2D eigenvalue weighted by Gasteiger charge is 2.25. The molecule has 1 aromatic carbocycles. The molecule has 2 aliphatic rings. The molecule has 5 heteroatoms. The molecule has 1 aliphatic carbocycles. The van der Waals surface area contributed by atoms with Crippen molar-refractivity contribution in [3.8, 4) is 11.5 Å². The first-order valence-electron chi connectivity index (χ1n) is 6.64. The van der Waals surface area contributed by atoms with Gasteiger partial charge in [-0.15, -0.1) is 0 Å². The number of hydrogen-bond acceptors (Lipinski definition) is 4. The quantitative estimate of drug-likeness (QED) is 0.836. The standard InChI is InChI=1S/C14H18N2O3/c1-9(16-11-3-4-11)14(17)15-7-10-2-5-12-13(6-10)19-8-18-12/h2,5-6,9,11,16H,3-4,7-8H2,1H3,(H,15,17). The van der Waals surface area contributed by atoms with Gasteiger partial charge >= 0.3 is 0 Å². The van der Waals surface area contributed by atoms with Crippen LogP contribution in [0.15, 0.2) is 18.2 Å². The molecule has 1 saturated carbocycles. The fraction of sp³-hybridized carbons (Fsp3) is 0.500. The minimum atomic E-state index is -0.137. The monoisotopic (exact) mass is 262 g/mol. The van der Waals surface area contributed by atoms with Crippen molar-refractivity contribution in [2.24, 2.45) is 0 Å². The van der Waals surface area contributed by atoms with Gasteiger partial charge in [0.1, 0.15) is 0 Å². The second-order valence-corrected chi connectivity index (χ2v) is 5.07. The molecule has 1 unspecified atom stereocenters. The van der Waals surface area contributed by atoms with E-state index in [1.165, 1.54) is 12.8 Å². The maximum Gasteiger partial charge on any atom is 0.237 e. The van der Waals surface area contributed by atoms with E-state index >= 15 is 0 Å². The highest BCUT2D eigenvalue weighted by atomic mass is 16.7. The molecule has 0 bridgehead atoms. The SMILES string of the molecule is CC(NC1CC1)C(=O)NCc1ccc2c(c1)OCO2. The van der Waals surface area contributed by atoms with Gasteiger partial charge in [-0.25, -0.2) is 0 Å². The van der Waals surface area contributed by atoms with Gasteiger partial charge in [-0.3, -0.25) is 4.79 Å². The summed E-state index contributed by atoms with van der Waals surface area (Å²) in [7, 11) is 0. The van der Waals surface area contributed by atoms with Crippen molar-refractivity contribution in [1.29, 1.82) is 0 Å². The second-order valence-electron chi connectivity index (χ2n) is 5.07. The molecule has 1 aliphatic heterocycles. The average molecular weight is 262 g/mol. The lowest BCUT2D eigenvalue weighted by molar-refractivity contribution is -0.122. The van der Waals surface area contributed by atoms with Crippen LogP contribution in [0.4, 0.5) is 0 Å². The molecule has 1 fully saturated rings. The molecule has 1 amide bonds. The van der Waals surface area contributed by atoms with E-state index in [9.17, 15) is 4.79 Å². The number of fused-ring (bicyclic) bond motifs is 1. The molecule has 2 N–H and O–H groups in total. The summed E-state index contributed by atoms with van der Waals surface area (Å²) in [5.41, 5.74) is 1.01. The van der Waals surface area contributed by atoms with Crippen molar-refractivity contribution in [3.05, 3.63) is 23.8 Å². The van der Waals surface area contributed by atoms with Gasteiger partial charge in [0.25, 0.3) is 0 Å². The largest absolute Gasteiger partial charge is 0.454 e. The molecular weight excluding hydrogens is 244 g/mol. The summed E-state index contributed by atoms with van der Waals surface area (Å²) >= 11 is 0. The highest BCUT2D eigenvalue weighted by molar-refractivity contribution is 5.81. The van der Waals surface area contributed by atoms with E-state index in [0.717, 1.165) is 17.1 Å². The molecule has 0 saturated heterocycles. The van der Waals surface area contributed by atoms with Crippen LogP contribution in [0.3, 0.4) is 0 Å². The van der Waals surface area contributed by atoms with Crippen molar-refractivity contribution in [2.45, 2.75) is 38.4 Å². The Morgan fingerprint density at radius 2 is 2.16 bits per heavy atom. The first kappa shape index (κ1) is 12.3. The van der Waals surface area contributed by atoms with Gasteiger partial charge in [0, 0.05) is 12.6 Å². The molecule has 0 aromatic heterocycles. The molecule has 1 atom stereocenters. The lowest BCUT2D eigenvalue weighted by Gasteiger charge is -2.13. The number of rotatable bonds is 5. The molecular formula is C14H18N2O3. The van der Waals surface area contributed by atoms with Crippen LogP contribution >= 0.6 is 0 Å². The van der Waals surface area contributed by atoms with E-state index in [0.29, 0.717) is 12.6 Å². The Morgan fingerprint density at radius 1 is 1.37 bits per heavy atom. The first-order valence-corrected chi connectivity index (χ1v) is 6.64. The van der Waals surface area contributed by atoms with Gasteiger partial charge in [-0.05, 0) is 37.5 Å². The van der Waals surface area contributed by atoms with Crippen LogP contribution in [0, 0.1) is 0 Å². The number of hydrogen-bond donors (Lipinski definition) is 2. The maximum absolute atomic E-state index is 11.9. The summed E-state index contributed by atoms with van der Waals surface area (Å²) in [6.07, 6.45) is 2.36. The first-order chi connectivity index (χ1) is 9.22. The third-order valence-corrected chi connectivity index (χ3v) is 3.36. The maximum atomic E-state index is 11.9. The Hall–Kier alpha value is -1.75. The average Bonchev–Trinajstić information content (AvgIpc) is 3.10. The molecule has 0 radical (unpaired) electrons. The van der Waals surface area contributed by atoms with Crippen LogP contribution in [0.1, 0.15) is 25.3 Å². The normalized spacial score (nSPS) is 18.2. The van der Waals surface area contributed by atoms with Crippen LogP contribution in [0.2, 0.25) is 0 Å². The van der Waals surface area contributed by atoms with E-state index in [4.69, 9.17) is 9.47 Å². The predicted molar refractivity (Wildman–Crippen MR) is 70.0 cm³/mol. The number of carbonyl (C=O) groups excluding carboxylic acids is 1. The Morgan fingerprint density at radius 3 is 2.95 bits per heavy atom. The molecule has 1 heterocycles. The van der Waals surface area contributed by atoms with Crippen molar-refractivity contribution in [1.82, 2.24) is 10.6 Å². The summed E-state index contributed by atoms with van der Waals surface area (Å²) in [5.74, 6) is 1.54. The Bertz CT molecular complexity index is 486. The van der Waals surface area contributed by atoms with Crippen LogP contribution < -0.4 is 20.1 Å². The zero-order chi connectivity index (χ0) is 13.2. The third kappa shape index (κ3) is 2.98. The number of nitrogens with one attached hydrogen (secondary N) is 2. The Kier molecular flexibility index (Phi) is 3.29. The van der Waals surface area contributed by atoms with Gasteiger partial charge in [0.15, 0.2) is 11.5 Å². The Balaban J connectivity index is 1.52. The summed E-state index contributed by atoms with van der Waals surface area (Å²) in [6.45, 7) is 2.67. The number of ether oxygens (including phenoxy) is 2. The van der Waals surface area contributed by atoms with E-state index in [2.05, 4.69) is 10.6 Å². The predicted octanol–water partition coefficient (Wildman–Crippen LogP) is 1.17. The molecule has 19 heavy (non-hydrogen) atoms. The van der Waals surface area contributed by atoms with Crippen LogP contribution in [0.25, 0.3) is 0 Å². The summed E-state index contributed by atoms with van der Waals surface area (Å²) < 4.78 is 10.6. The zero-order valence-electron chi connectivity index (χ0n) is 10.9. The topological polar surface area (TPSA) is 59.6 Å². The molecule has 3 rings (SSSR count). The van der Waals surface area contributed by atoms with Crippen molar-refractivity contribution in [3.63, 3.8) is 0 Å². The van der Waals surface area contributed by atoms with Gasteiger partial charge < -0.3 is 20.1 Å². The van der Waals surface area contributed by atoms with E-state index in [1.807, 2.05) is 25.1 Å². The zero-order valence-corrected chi connectivity index (χ0v) is 10.9. The van der Waals surface area contributed by atoms with Crippen molar-refractivity contribution >= 4 is 5.91 Å². The smallest absolute Gasteiger partial charge is 0.237 e. The highest BCUT2D eigenvalue weighted by Crippen LogP contribution is 2.32. The number of carbonyl (C=O) groups is 1. The second kappa shape index (κ2) is 5.09. The summed E-state index contributed by atoms with van der Waals surface area (Å²) in [6, 6.07) is 6.11. The summed E-state index contributed by atoms with van der Waals surface area (Å²) in [4.78, 5) is 11.9. The van der Waals surface area contributed by atoms with Crippen molar-refractivity contribution < 1.29 is 14.3 Å². The lowest BCUT2D eigenvalue weighted by atomic mass is 10.2. The summed E-state index contributed by atoms with van der Waals surface area (Å²) in [5, 5.41) is 6.20. The number of benzene rings is 1. The third-order valence-electron chi connectivity index (χ3n) is 3.36. The molecule has 1 aromatic rings.